The third-order valence-corrected chi connectivity index (χ3v) is 2.74. The van der Waals surface area contributed by atoms with E-state index < -0.39 is 6.61 Å². The van der Waals surface area contributed by atoms with Crippen molar-refractivity contribution in [3.8, 4) is 5.75 Å². The maximum atomic E-state index is 12.0. The number of nitrogens with one attached hydrogen (secondary N) is 1. The molecule has 2 rings (SSSR count). The third kappa shape index (κ3) is 3.99. The summed E-state index contributed by atoms with van der Waals surface area (Å²) >= 11 is 0. The van der Waals surface area contributed by atoms with Crippen LogP contribution in [-0.4, -0.2) is 16.8 Å². The Labute approximate surface area is 114 Å². The lowest BCUT2D eigenvalue weighted by molar-refractivity contribution is -0.0498. The van der Waals surface area contributed by atoms with E-state index in [1.807, 2.05) is 6.92 Å². The van der Waals surface area contributed by atoms with Crippen LogP contribution in [0.15, 0.2) is 28.8 Å². The predicted octanol–water partition coefficient (Wildman–Crippen LogP) is 2.83. The van der Waals surface area contributed by atoms with Gasteiger partial charge in [-0.25, -0.2) is 0 Å². The van der Waals surface area contributed by atoms with Gasteiger partial charge in [0.25, 0.3) is 0 Å². The zero-order chi connectivity index (χ0) is 14.5. The molecule has 0 aliphatic heterocycles. The van der Waals surface area contributed by atoms with E-state index in [1.165, 1.54) is 12.1 Å². The number of hydrogen-bond donors (Lipinski definition) is 1. The van der Waals surface area contributed by atoms with Crippen LogP contribution in [0.5, 0.6) is 5.75 Å². The molecule has 1 atom stereocenters. The highest BCUT2D eigenvalue weighted by molar-refractivity contribution is 5.28. The maximum Gasteiger partial charge on any atom is 0.387 e. The molecule has 0 saturated heterocycles. The third-order valence-electron chi connectivity index (χ3n) is 2.74. The molecule has 1 aromatic heterocycles. The van der Waals surface area contributed by atoms with Gasteiger partial charge in [0.2, 0.25) is 5.89 Å². The summed E-state index contributed by atoms with van der Waals surface area (Å²) in [5, 5.41) is 6.99. The van der Waals surface area contributed by atoms with E-state index >= 15 is 0 Å². The first kappa shape index (κ1) is 14.4. The minimum atomic E-state index is -2.81. The summed E-state index contributed by atoms with van der Waals surface area (Å²) in [4.78, 5) is 4.08. The van der Waals surface area contributed by atoms with Crippen LogP contribution < -0.4 is 10.1 Å². The number of benzene rings is 1. The summed E-state index contributed by atoms with van der Waals surface area (Å²) in [6.07, 6.45) is 0. The fourth-order valence-electron chi connectivity index (χ4n) is 1.71. The van der Waals surface area contributed by atoms with Gasteiger partial charge in [0, 0.05) is 13.0 Å². The van der Waals surface area contributed by atoms with Crippen LogP contribution in [0.25, 0.3) is 0 Å². The number of hydrogen-bond acceptors (Lipinski definition) is 5. The van der Waals surface area contributed by atoms with Crippen LogP contribution in [-0.2, 0) is 6.54 Å². The van der Waals surface area contributed by atoms with Crippen molar-refractivity contribution in [1.82, 2.24) is 15.5 Å². The summed E-state index contributed by atoms with van der Waals surface area (Å²) in [5.41, 5.74) is 0.951. The van der Waals surface area contributed by atoms with Gasteiger partial charge < -0.3 is 14.6 Å². The van der Waals surface area contributed by atoms with E-state index in [2.05, 4.69) is 20.2 Å². The number of aryl methyl sites for hydroxylation is 1. The Morgan fingerprint density at radius 1 is 1.30 bits per heavy atom. The number of aromatic nitrogens is 2. The van der Waals surface area contributed by atoms with E-state index in [4.69, 9.17) is 4.52 Å². The van der Waals surface area contributed by atoms with Gasteiger partial charge in [-0.3, -0.25) is 0 Å². The zero-order valence-electron chi connectivity index (χ0n) is 11.1. The molecule has 5 nitrogen and oxygen atoms in total. The Kier molecular flexibility index (Phi) is 4.62. The number of halogens is 2. The van der Waals surface area contributed by atoms with Crippen molar-refractivity contribution >= 4 is 0 Å². The number of ether oxygens (including phenoxy) is 1. The van der Waals surface area contributed by atoms with E-state index in [-0.39, 0.29) is 11.8 Å². The van der Waals surface area contributed by atoms with Gasteiger partial charge in [-0.05, 0) is 24.6 Å². The standard InChI is InChI=1S/C13H15F2N3O2/c1-8(16-7-12-17-9(2)20-18-12)10-3-5-11(6-4-10)19-13(14)15/h3-6,8,13,16H,7H2,1-2H3. The highest BCUT2D eigenvalue weighted by atomic mass is 19.3. The van der Waals surface area contributed by atoms with E-state index in [9.17, 15) is 8.78 Å². The molecule has 7 heteroatoms. The Morgan fingerprint density at radius 2 is 2.00 bits per heavy atom. The minimum Gasteiger partial charge on any atom is -0.435 e. The molecule has 108 valence electrons. The van der Waals surface area contributed by atoms with Crippen molar-refractivity contribution in [2.45, 2.75) is 33.0 Å². The molecule has 1 aromatic carbocycles. The molecule has 0 amide bonds. The molecule has 20 heavy (non-hydrogen) atoms. The summed E-state index contributed by atoms with van der Waals surface area (Å²) in [5.74, 6) is 1.24. The highest BCUT2D eigenvalue weighted by Gasteiger charge is 2.09. The van der Waals surface area contributed by atoms with Crippen molar-refractivity contribution in [2.75, 3.05) is 0 Å². The van der Waals surface area contributed by atoms with Crippen LogP contribution in [0, 0.1) is 6.92 Å². The van der Waals surface area contributed by atoms with E-state index in [0.29, 0.717) is 18.3 Å². The molecule has 0 aliphatic rings. The summed E-state index contributed by atoms with van der Waals surface area (Å²) in [7, 11) is 0. The molecule has 1 heterocycles. The molecule has 1 N–H and O–H groups in total. The van der Waals surface area contributed by atoms with Gasteiger partial charge in [-0.2, -0.15) is 13.8 Å². The summed E-state index contributed by atoms with van der Waals surface area (Å²) in [6.45, 7) is 1.34. The van der Waals surface area contributed by atoms with Crippen molar-refractivity contribution in [2.24, 2.45) is 0 Å². The highest BCUT2D eigenvalue weighted by Crippen LogP contribution is 2.19. The molecule has 0 saturated carbocycles. The number of alkyl halides is 2. The fourth-order valence-corrected chi connectivity index (χ4v) is 1.71. The Bertz CT molecular complexity index is 543. The minimum absolute atomic E-state index is 0.0226. The van der Waals surface area contributed by atoms with Crippen LogP contribution in [0.2, 0.25) is 0 Å². The van der Waals surface area contributed by atoms with Crippen LogP contribution >= 0.6 is 0 Å². The lowest BCUT2D eigenvalue weighted by Crippen LogP contribution is -2.18. The Hall–Kier alpha value is -2.02. The maximum absolute atomic E-state index is 12.0. The monoisotopic (exact) mass is 283 g/mol. The van der Waals surface area contributed by atoms with Gasteiger partial charge in [-0.15, -0.1) is 0 Å². The molecule has 1 unspecified atom stereocenters. The molecule has 0 spiro atoms. The lowest BCUT2D eigenvalue weighted by Gasteiger charge is -2.13. The van der Waals surface area contributed by atoms with Crippen LogP contribution in [0.1, 0.15) is 30.2 Å². The number of rotatable bonds is 6. The first-order chi connectivity index (χ1) is 9.54. The average Bonchev–Trinajstić information content (AvgIpc) is 2.82. The molecule has 0 aliphatic carbocycles. The van der Waals surface area contributed by atoms with Gasteiger partial charge in [0.05, 0.1) is 6.54 Å². The van der Waals surface area contributed by atoms with Gasteiger partial charge in [0.15, 0.2) is 5.82 Å². The average molecular weight is 283 g/mol. The van der Waals surface area contributed by atoms with Crippen molar-refractivity contribution in [3.05, 3.63) is 41.5 Å². The molecule has 0 radical (unpaired) electrons. The van der Waals surface area contributed by atoms with Crippen LogP contribution in [0.4, 0.5) is 8.78 Å². The van der Waals surface area contributed by atoms with E-state index in [0.717, 1.165) is 5.56 Å². The normalized spacial score (nSPS) is 12.7. The van der Waals surface area contributed by atoms with Gasteiger partial charge in [0.1, 0.15) is 5.75 Å². The van der Waals surface area contributed by atoms with Crippen molar-refractivity contribution in [3.63, 3.8) is 0 Å². The van der Waals surface area contributed by atoms with Gasteiger partial charge >= 0.3 is 6.61 Å². The second kappa shape index (κ2) is 6.42. The largest absolute Gasteiger partial charge is 0.435 e. The predicted molar refractivity (Wildman–Crippen MR) is 67.4 cm³/mol. The molecular formula is C13H15F2N3O2. The summed E-state index contributed by atoms with van der Waals surface area (Å²) in [6, 6.07) is 6.51. The second-order valence-corrected chi connectivity index (χ2v) is 4.28. The SMILES string of the molecule is Cc1nc(CNC(C)c2ccc(OC(F)F)cc2)no1. The molecular weight excluding hydrogens is 268 g/mol. The first-order valence-electron chi connectivity index (χ1n) is 6.12. The lowest BCUT2D eigenvalue weighted by atomic mass is 10.1. The van der Waals surface area contributed by atoms with Crippen molar-refractivity contribution in [1.29, 1.82) is 0 Å². The quantitative estimate of drug-likeness (QED) is 0.883. The van der Waals surface area contributed by atoms with Crippen molar-refractivity contribution < 1.29 is 18.0 Å². The topological polar surface area (TPSA) is 60.2 Å². The smallest absolute Gasteiger partial charge is 0.387 e. The summed E-state index contributed by atoms with van der Waals surface area (Å²) < 4.78 is 33.2. The first-order valence-corrected chi connectivity index (χ1v) is 6.12. The molecule has 0 bridgehead atoms. The van der Waals surface area contributed by atoms with Gasteiger partial charge in [-0.1, -0.05) is 17.3 Å². The van der Waals surface area contributed by atoms with Crippen LogP contribution in [0.3, 0.4) is 0 Å². The second-order valence-electron chi connectivity index (χ2n) is 4.28. The zero-order valence-corrected chi connectivity index (χ0v) is 11.1. The fraction of sp³-hybridized carbons (Fsp3) is 0.385. The Balaban J connectivity index is 1.90. The Morgan fingerprint density at radius 3 is 2.55 bits per heavy atom. The number of nitrogens with zero attached hydrogens (tertiary/aromatic N) is 2. The molecule has 2 aromatic rings. The molecule has 0 fully saturated rings. The van der Waals surface area contributed by atoms with E-state index in [1.54, 1.807) is 19.1 Å².